The maximum absolute atomic E-state index is 12.8. The van der Waals surface area contributed by atoms with Crippen molar-refractivity contribution in [2.75, 3.05) is 39.8 Å². The highest BCUT2D eigenvalue weighted by Gasteiger charge is 2.22. The molecule has 1 unspecified atom stereocenters. The van der Waals surface area contributed by atoms with Crippen molar-refractivity contribution < 1.29 is 14.7 Å². The summed E-state index contributed by atoms with van der Waals surface area (Å²) in [4.78, 5) is 28.6. The highest BCUT2D eigenvalue weighted by atomic mass is 16.4. The molecule has 2 aromatic carbocycles. The first-order valence-corrected chi connectivity index (χ1v) is 9.13. The van der Waals surface area contributed by atoms with E-state index in [4.69, 9.17) is 5.11 Å². The second-order valence-corrected chi connectivity index (χ2v) is 6.93. The summed E-state index contributed by atoms with van der Waals surface area (Å²) in [6.45, 7) is 4.67. The number of aromatic carboxylic acids is 1. The van der Waals surface area contributed by atoms with E-state index in [9.17, 15) is 9.59 Å². The lowest BCUT2D eigenvalue weighted by Crippen LogP contribution is -2.47. The molecule has 2 aromatic rings. The van der Waals surface area contributed by atoms with E-state index in [0.717, 1.165) is 38.3 Å². The van der Waals surface area contributed by atoms with Gasteiger partial charge in [-0.3, -0.25) is 9.69 Å². The van der Waals surface area contributed by atoms with E-state index in [1.807, 2.05) is 30.3 Å². The van der Waals surface area contributed by atoms with E-state index in [1.54, 1.807) is 12.1 Å². The maximum Gasteiger partial charge on any atom is 0.335 e. The summed E-state index contributed by atoms with van der Waals surface area (Å²) in [6.07, 6.45) is 0. The molecule has 6 nitrogen and oxygen atoms in total. The zero-order chi connectivity index (χ0) is 19.2. The number of carbonyl (C=O) groups is 2. The third kappa shape index (κ3) is 5.15. The molecule has 0 saturated carbocycles. The number of amides is 1. The quantitative estimate of drug-likeness (QED) is 0.818. The standard InChI is InChI=1S/C21H25N3O3/c1-23-10-12-24(13-11-23)15-19(16-6-3-2-4-7-16)22-20(25)17-8-5-9-18(14-17)21(26)27/h2-9,14,19H,10-13,15H2,1H3,(H,22,25)(H,26,27). The molecule has 0 radical (unpaired) electrons. The molecule has 27 heavy (non-hydrogen) atoms. The SMILES string of the molecule is CN1CCN(CC(NC(=O)c2cccc(C(=O)O)c2)c2ccccc2)CC1. The van der Waals surface area contributed by atoms with E-state index >= 15 is 0 Å². The van der Waals surface area contributed by atoms with Crippen molar-refractivity contribution in [1.29, 1.82) is 0 Å². The van der Waals surface area contributed by atoms with Gasteiger partial charge in [-0.05, 0) is 30.8 Å². The molecule has 1 aliphatic rings. The van der Waals surface area contributed by atoms with Crippen molar-refractivity contribution in [3.8, 4) is 0 Å². The Bertz CT molecular complexity index is 786. The first kappa shape index (κ1) is 19.1. The van der Waals surface area contributed by atoms with Gasteiger partial charge in [0.05, 0.1) is 11.6 Å². The number of carbonyl (C=O) groups excluding carboxylic acids is 1. The van der Waals surface area contributed by atoms with Gasteiger partial charge < -0.3 is 15.3 Å². The van der Waals surface area contributed by atoms with Crippen molar-refractivity contribution in [2.24, 2.45) is 0 Å². The Balaban J connectivity index is 1.75. The molecule has 0 bridgehead atoms. The summed E-state index contributed by atoms with van der Waals surface area (Å²) >= 11 is 0. The fraction of sp³-hybridized carbons (Fsp3) is 0.333. The smallest absolute Gasteiger partial charge is 0.335 e. The molecule has 0 aromatic heterocycles. The lowest BCUT2D eigenvalue weighted by molar-refractivity contribution is 0.0697. The lowest BCUT2D eigenvalue weighted by atomic mass is 10.0. The Labute approximate surface area is 159 Å². The van der Waals surface area contributed by atoms with Crippen LogP contribution in [0.5, 0.6) is 0 Å². The van der Waals surface area contributed by atoms with Crippen molar-refractivity contribution >= 4 is 11.9 Å². The molecule has 1 atom stereocenters. The van der Waals surface area contributed by atoms with Crippen LogP contribution in [0.15, 0.2) is 54.6 Å². The van der Waals surface area contributed by atoms with Crippen LogP contribution >= 0.6 is 0 Å². The van der Waals surface area contributed by atoms with E-state index < -0.39 is 5.97 Å². The van der Waals surface area contributed by atoms with Crippen LogP contribution in [0.1, 0.15) is 32.3 Å². The summed E-state index contributed by atoms with van der Waals surface area (Å²) in [5.74, 6) is -1.30. The van der Waals surface area contributed by atoms with Crippen LogP contribution < -0.4 is 5.32 Å². The Morgan fingerprint density at radius 1 is 1.00 bits per heavy atom. The molecular formula is C21H25N3O3. The molecule has 0 spiro atoms. The third-order valence-electron chi connectivity index (χ3n) is 4.92. The van der Waals surface area contributed by atoms with Crippen molar-refractivity contribution in [1.82, 2.24) is 15.1 Å². The van der Waals surface area contributed by atoms with Gasteiger partial charge in [0.2, 0.25) is 0 Å². The maximum atomic E-state index is 12.8. The fourth-order valence-electron chi connectivity index (χ4n) is 3.24. The minimum Gasteiger partial charge on any atom is -0.478 e. The summed E-state index contributed by atoms with van der Waals surface area (Å²) in [6, 6.07) is 15.9. The Morgan fingerprint density at radius 3 is 2.33 bits per heavy atom. The largest absolute Gasteiger partial charge is 0.478 e. The van der Waals surface area contributed by atoms with E-state index in [0.29, 0.717) is 5.56 Å². The number of rotatable bonds is 6. The zero-order valence-electron chi connectivity index (χ0n) is 15.5. The monoisotopic (exact) mass is 367 g/mol. The van der Waals surface area contributed by atoms with Gasteiger partial charge in [0.1, 0.15) is 0 Å². The number of piperazine rings is 1. The van der Waals surface area contributed by atoms with Gasteiger partial charge in [0, 0.05) is 38.3 Å². The van der Waals surface area contributed by atoms with Gasteiger partial charge in [-0.2, -0.15) is 0 Å². The van der Waals surface area contributed by atoms with Crippen molar-refractivity contribution in [3.63, 3.8) is 0 Å². The summed E-state index contributed by atoms with van der Waals surface area (Å²) in [5.41, 5.74) is 1.51. The lowest BCUT2D eigenvalue weighted by Gasteiger charge is -2.35. The van der Waals surface area contributed by atoms with Crippen LogP contribution in [-0.2, 0) is 0 Å². The summed E-state index contributed by atoms with van der Waals surface area (Å²) in [7, 11) is 2.11. The number of carboxylic acid groups (broad SMARTS) is 1. The minimum atomic E-state index is -1.04. The fourth-order valence-corrected chi connectivity index (χ4v) is 3.24. The van der Waals surface area contributed by atoms with Gasteiger partial charge in [0.15, 0.2) is 0 Å². The number of hydrogen-bond donors (Lipinski definition) is 2. The average Bonchev–Trinajstić information content (AvgIpc) is 2.70. The first-order valence-electron chi connectivity index (χ1n) is 9.13. The molecule has 6 heteroatoms. The molecule has 1 aliphatic heterocycles. The molecule has 1 fully saturated rings. The van der Waals surface area contributed by atoms with Crippen LogP contribution in [0, 0.1) is 0 Å². The van der Waals surface area contributed by atoms with Crippen molar-refractivity contribution in [2.45, 2.75) is 6.04 Å². The van der Waals surface area contributed by atoms with E-state index in [1.165, 1.54) is 12.1 Å². The van der Waals surface area contributed by atoms with Crippen molar-refractivity contribution in [3.05, 3.63) is 71.3 Å². The normalized spacial score (nSPS) is 16.6. The molecule has 3 rings (SSSR count). The number of carboxylic acids is 1. The van der Waals surface area contributed by atoms with Crippen LogP contribution in [-0.4, -0.2) is 66.6 Å². The number of nitrogens with zero attached hydrogens (tertiary/aromatic N) is 2. The molecule has 2 N–H and O–H groups in total. The number of likely N-dealkylation sites (N-methyl/N-ethyl adjacent to an activating group) is 1. The van der Waals surface area contributed by atoms with Crippen LogP contribution in [0.2, 0.25) is 0 Å². The van der Waals surface area contributed by atoms with Crippen LogP contribution in [0.25, 0.3) is 0 Å². The highest BCUT2D eigenvalue weighted by molar-refractivity contribution is 5.97. The van der Waals surface area contributed by atoms with Crippen LogP contribution in [0.3, 0.4) is 0 Å². The average molecular weight is 367 g/mol. The van der Waals surface area contributed by atoms with E-state index in [2.05, 4.69) is 22.2 Å². The minimum absolute atomic E-state index is 0.109. The van der Waals surface area contributed by atoms with E-state index in [-0.39, 0.29) is 17.5 Å². The topological polar surface area (TPSA) is 72.9 Å². The molecular weight excluding hydrogens is 342 g/mol. The Morgan fingerprint density at radius 2 is 1.67 bits per heavy atom. The van der Waals surface area contributed by atoms with Gasteiger partial charge in [-0.15, -0.1) is 0 Å². The molecule has 0 aliphatic carbocycles. The third-order valence-corrected chi connectivity index (χ3v) is 4.92. The Kier molecular flexibility index (Phi) is 6.21. The van der Waals surface area contributed by atoms with Crippen LogP contribution in [0.4, 0.5) is 0 Å². The molecule has 142 valence electrons. The first-order chi connectivity index (χ1) is 13.0. The summed E-state index contributed by atoms with van der Waals surface area (Å²) in [5, 5.41) is 12.2. The molecule has 1 amide bonds. The predicted molar refractivity (Wildman–Crippen MR) is 104 cm³/mol. The van der Waals surface area contributed by atoms with Gasteiger partial charge in [0.25, 0.3) is 5.91 Å². The number of nitrogens with one attached hydrogen (secondary N) is 1. The van der Waals surface area contributed by atoms with Gasteiger partial charge >= 0.3 is 5.97 Å². The van der Waals surface area contributed by atoms with Gasteiger partial charge in [-0.25, -0.2) is 4.79 Å². The second kappa shape index (κ2) is 8.79. The highest BCUT2D eigenvalue weighted by Crippen LogP contribution is 2.17. The number of benzene rings is 2. The zero-order valence-corrected chi connectivity index (χ0v) is 15.5. The summed E-state index contributed by atoms with van der Waals surface area (Å²) < 4.78 is 0. The molecule has 1 saturated heterocycles. The van der Waals surface area contributed by atoms with Gasteiger partial charge in [-0.1, -0.05) is 36.4 Å². The predicted octanol–water partition coefficient (Wildman–Crippen LogP) is 2.10. The Hall–Kier alpha value is -2.70. The second-order valence-electron chi connectivity index (χ2n) is 6.93. The molecule has 1 heterocycles. The number of hydrogen-bond acceptors (Lipinski definition) is 4.